The molecule has 19 heavy (non-hydrogen) atoms. The summed E-state index contributed by atoms with van der Waals surface area (Å²) in [7, 11) is 1.63. The number of ketones is 1. The van der Waals surface area contributed by atoms with Crippen molar-refractivity contribution in [3.63, 3.8) is 0 Å². The second kappa shape index (κ2) is 8.48. The van der Waals surface area contributed by atoms with Gasteiger partial charge in [-0.3, -0.25) is 4.79 Å². The minimum absolute atomic E-state index is 0.00816. The fourth-order valence-electron chi connectivity index (χ4n) is 1.45. The zero-order valence-electron chi connectivity index (χ0n) is 11.9. The molecule has 3 nitrogen and oxygen atoms in total. The summed E-state index contributed by atoms with van der Waals surface area (Å²) in [5.41, 5.74) is 1.03. The largest absolute Gasteiger partial charge is 0.497 e. The van der Waals surface area contributed by atoms with Crippen LogP contribution in [0.5, 0.6) is 5.75 Å². The van der Waals surface area contributed by atoms with Gasteiger partial charge >= 0.3 is 0 Å². The van der Waals surface area contributed by atoms with Crippen LogP contribution in [0.1, 0.15) is 25.8 Å². The van der Waals surface area contributed by atoms with Gasteiger partial charge in [0.15, 0.2) is 5.78 Å². The molecule has 0 aliphatic carbocycles. The molecule has 1 aromatic carbocycles. The van der Waals surface area contributed by atoms with E-state index in [0.29, 0.717) is 12.5 Å². The number of benzene rings is 1. The predicted molar refractivity (Wildman–Crippen MR) is 76.3 cm³/mol. The summed E-state index contributed by atoms with van der Waals surface area (Å²) in [4.78, 5) is 11.5. The summed E-state index contributed by atoms with van der Waals surface area (Å²) in [6.45, 7) is 4.74. The van der Waals surface area contributed by atoms with Crippen LogP contribution in [0.4, 0.5) is 0 Å². The Morgan fingerprint density at radius 2 is 2.00 bits per heavy atom. The molecule has 0 unspecified atom stereocenters. The van der Waals surface area contributed by atoms with Crippen molar-refractivity contribution in [1.82, 2.24) is 0 Å². The molecule has 0 fully saturated rings. The van der Waals surface area contributed by atoms with E-state index in [2.05, 4.69) is 13.8 Å². The van der Waals surface area contributed by atoms with Crippen molar-refractivity contribution >= 4 is 5.78 Å². The highest BCUT2D eigenvalue weighted by Crippen LogP contribution is 2.11. The highest BCUT2D eigenvalue weighted by molar-refractivity contribution is 5.90. The van der Waals surface area contributed by atoms with Crippen LogP contribution in [0.2, 0.25) is 0 Å². The van der Waals surface area contributed by atoms with Crippen LogP contribution >= 0.6 is 0 Å². The van der Waals surface area contributed by atoms with Gasteiger partial charge in [0.1, 0.15) is 12.4 Å². The lowest BCUT2D eigenvalue weighted by molar-refractivity contribution is -0.119. The number of carbonyl (C=O) groups is 1. The monoisotopic (exact) mass is 262 g/mol. The Hall–Kier alpha value is -1.61. The molecule has 1 atom stereocenters. The van der Waals surface area contributed by atoms with Crippen LogP contribution in [0.25, 0.3) is 0 Å². The molecule has 0 heterocycles. The van der Waals surface area contributed by atoms with E-state index in [1.165, 1.54) is 0 Å². The molecule has 0 radical (unpaired) electrons. The van der Waals surface area contributed by atoms with E-state index in [9.17, 15) is 4.79 Å². The molecule has 0 spiro atoms. The van der Waals surface area contributed by atoms with Gasteiger partial charge < -0.3 is 9.47 Å². The Bertz CT molecular complexity index is 407. The first-order chi connectivity index (χ1) is 9.15. The van der Waals surface area contributed by atoms with Crippen molar-refractivity contribution in [2.24, 2.45) is 5.92 Å². The summed E-state index contributed by atoms with van der Waals surface area (Å²) in [5, 5.41) is 0. The first kappa shape index (κ1) is 15.4. The molecule has 0 saturated heterocycles. The summed E-state index contributed by atoms with van der Waals surface area (Å²) >= 11 is 0. The van der Waals surface area contributed by atoms with Gasteiger partial charge in [-0.15, -0.1) is 0 Å². The topological polar surface area (TPSA) is 35.5 Å². The lowest BCUT2D eigenvalue weighted by Gasteiger charge is -2.04. The number of ether oxygens (including phenoxy) is 2. The maximum absolute atomic E-state index is 11.5. The van der Waals surface area contributed by atoms with Crippen LogP contribution in [-0.4, -0.2) is 19.5 Å². The van der Waals surface area contributed by atoms with Gasteiger partial charge in [-0.05, 0) is 29.7 Å². The Morgan fingerprint density at radius 3 is 2.58 bits per heavy atom. The summed E-state index contributed by atoms with van der Waals surface area (Å²) < 4.78 is 10.5. The molecular weight excluding hydrogens is 240 g/mol. The fourth-order valence-corrected chi connectivity index (χ4v) is 1.45. The van der Waals surface area contributed by atoms with Crippen LogP contribution in [-0.2, 0) is 16.1 Å². The molecular formula is C16H22O3. The number of rotatable bonds is 8. The number of hydrogen-bond donors (Lipinski definition) is 0. The standard InChI is InChI=1S/C16H22O3/c1-4-13(2)5-8-15(17)12-19-11-14-6-9-16(18-3)10-7-14/h5-10,13H,4,11-12H2,1-3H3/b8-5+/t13-/m0/s1. The maximum atomic E-state index is 11.5. The molecule has 104 valence electrons. The summed E-state index contributed by atoms with van der Waals surface area (Å²) in [5.74, 6) is 1.26. The second-order valence-electron chi connectivity index (χ2n) is 4.55. The third-order valence-corrected chi connectivity index (χ3v) is 2.93. The van der Waals surface area contributed by atoms with Gasteiger partial charge in [-0.1, -0.05) is 38.5 Å². The van der Waals surface area contributed by atoms with E-state index in [0.717, 1.165) is 17.7 Å². The molecule has 0 aromatic heterocycles. The molecule has 1 rings (SSSR count). The third kappa shape index (κ3) is 6.20. The highest BCUT2D eigenvalue weighted by Gasteiger charge is 2.00. The normalized spacial score (nSPS) is 12.6. The van der Waals surface area contributed by atoms with Crippen molar-refractivity contribution in [1.29, 1.82) is 0 Å². The van der Waals surface area contributed by atoms with Crippen molar-refractivity contribution in [3.05, 3.63) is 42.0 Å². The number of allylic oxidation sites excluding steroid dienone is 1. The highest BCUT2D eigenvalue weighted by atomic mass is 16.5. The minimum atomic E-state index is 0.00816. The van der Waals surface area contributed by atoms with Gasteiger partial charge in [0.05, 0.1) is 13.7 Å². The number of carbonyl (C=O) groups excluding carboxylic acids is 1. The minimum Gasteiger partial charge on any atom is -0.497 e. The van der Waals surface area contributed by atoms with Crippen LogP contribution in [0.3, 0.4) is 0 Å². The Kier molecular flexibility index (Phi) is 6.90. The van der Waals surface area contributed by atoms with Crippen molar-refractivity contribution in [3.8, 4) is 5.75 Å². The Morgan fingerprint density at radius 1 is 1.32 bits per heavy atom. The third-order valence-electron chi connectivity index (χ3n) is 2.93. The molecule has 3 heteroatoms. The van der Waals surface area contributed by atoms with Crippen molar-refractivity contribution < 1.29 is 14.3 Å². The zero-order valence-corrected chi connectivity index (χ0v) is 11.9. The summed E-state index contributed by atoms with van der Waals surface area (Å²) in [6.07, 6.45) is 4.58. The van der Waals surface area contributed by atoms with E-state index >= 15 is 0 Å². The van der Waals surface area contributed by atoms with Crippen LogP contribution < -0.4 is 4.74 Å². The van der Waals surface area contributed by atoms with E-state index < -0.39 is 0 Å². The number of hydrogen-bond acceptors (Lipinski definition) is 3. The first-order valence-corrected chi connectivity index (χ1v) is 6.57. The Labute approximate surface area is 115 Å². The van der Waals surface area contributed by atoms with E-state index in [1.807, 2.05) is 30.3 Å². The number of methoxy groups -OCH3 is 1. The smallest absolute Gasteiger partial charge is 0.180 e. The van der Waals surface area contributed by atoms with Gasteiger partial charge in [0.2, 0.25) is 0 Å². The first-order valence-electron chi connectivity index (χ1n) is 6.57. The van der Waals surface area contributed by atoms with Crippen LogP contribution in [0, 0.1) is 5.92 Å². The molecule has 0 aliphatic rings. The van der Waals surface area contributed by atoms with E-state index in [-0.39, 0.29) is 12.4 Å². The average Bonchev–Trinajstić information content (AvgIpc) is 2.45. The van der Waals surface area contributed by atoms with Gasteiger partial charge in [-0.2, -0.15) is 0 Å². The second-order valence-corrected chi connectivity index (χ2v) is 4.55. The van der Waals surface area contributed by atoms with E-state index in [4.69, 9.17) is 9.47 Å². The molecule has 1 aromatic rings. The maximum Gasteiger partial charge on any atom is 0.180 e. The van der Waals surface area contributed by atoms with Crippen molar-refractivity contribution in [2.75, 3.05) is 13.7 Å². The van der Waals surface area contributed by atoms with E-state index in [1.54, 1.807) is 13.2 Å². The van der Waals surface area contributed by atoms with Gasteiger partial charge in [-0.25, -0.2) is 0 Å². The molecule has 0 bridgehead atoms. The Balaban J connectivity index is 2.29. The fraction of sp³-hybridized carbons (Fsp3) is 0.438. The van der Waals surface area contributed by atoms with Gasteiger partial charge in [0, 0.05) is 0 Å². The average molecular weight is 262 g/mol. The van der Waals surface area contributed by atoms with Gasteiger partial charge in [0.25, 0.3) is 0 Å². The summed E-state index contributed by atoms with van der Waals surface area (Å²) in [6, 6.07) is 7.61. The molecule has 0 aliphatic heterocycles. The van der Waals surface area contributed by atoms with Crippen molar-refractivity contribution in [2.45, 2.75) is 26.9 Å². The molecule has 0 N–H and O–H groups in total. The van der Waals surface area contributed by atoms with Crippen LogP contribution in [0.15, 0.2) is 36.4 Å². The molecule has 0 amide bonds. The molecule has 0 saturated carbocycles. The lowest BCUT2D eigenvalue weighted by Crippen LogP contribution is -2.06. The SMILES string of the molecule is CC[C@H](C)/C=C/C(=O)COCc1ccc(OC)cc1. The lowest BCUT2D eigenvalue weighted by atomic mass is 10.1. The quantitative estimate of drug-likeness (QED) is 0.674. The zero-order chi connectivity index (χ0) is 14.1. The predicted octanol–water partition coefficient (Wildman–Crippen LogP) is 3.38.